The summed E-state index contributed by atoms with van der Waals surface area (Å²) in [7, 11) is 0. The van der Waals surface area contributed by atoms with E-state index in [9.17, 15) is 4.79 Å². The van der Waals surface area contributed by atoms with Gasteiger partial charge >= 0.3 is 0 Å². The number of halogens is 1. The fourth-order valence-corrected chi connectivity index (χ4v) is 1.19. The van der Waals surface area contributed by atoms with Gasteiger partial charge in [-0.15, -0.1) is 12.4 Å². The van der Waals surface area contributed by atoms with Crippen molar-refractivity contribution < 1.29 is 4.79 Å². The molecule has 1 aromatic carbocycles. The zero-order valence-corrected chi connectivity index (χ0v) is 8.75. The highest BCUT2D eigenvalue weighted by molar-refractivity contribution is 6.02. The van der Waals surface area contributed by atoms with Crippen molar-refractivity contribution in [3.05, 3.63) is 54.4 Å². The molecule has 1 aromatic heterocycles. The number of carbonyl (C=O) groups is 1. The summed E-state index contributed by atoms with van der Waals surface area (Å²) in [5, 5.41) is 2.77. The van der Waals surface area contributed by atoms with Crippen molar-refractivity contribution in [2.45, 2.75) is 0 Å². The Morgan fingerprint density at radius 3 is 2.40 bits per heavy atom. The number of nitrogens with one attached hydrogen (secondary N) is 2. The van der Waals surface area contributed by atoms with Gasteiger partial charge in [0.1, 0.15) is 5.69 Å². The molecule has 1 amide bonds. The van der Waals surface area contributed by atoms with E-state index < -0.39 is 0 Å². The number of anilines is 1. The second-order valence-electron chi connectivity index (χ2n) is 2.90. The molecule has 0 saturated carbocycles. The van der Waals surface area contributed by atoms with Gasteiger partial charge in [-0.25, -0.2) is 0 Å². The number of carbonyl (C=O) groups excluding carboxylic acids is 1. The Kier molecular flexibility index (Phi) is 3.94. The van der Waals surface area contributed by atoms with Gasteiger partial charge in [-0.3, -0.25) is 4.79 Å². The third-order valence-electron chi connectivity index (χ3n) is 1.87. The molecule has 0 atom stereocenters. The molecule has 0 bridgehead atoms. The van der Waals surface area contributed by atoms with Crippen LogP contribution in [0.4, 0.5) is 5.69 Å². The SMILES string of the molecule is Cl.O=C(Nc1ccccc1)c1ccc[nH]1. The Bertz CT molecular complexity index is 411. The minimum absolute atomic E-state index is 0. The zero-order valence-electron chi connectivity index (χ0n) is 7.94. The summed E-state index contributed by atoms with van der Waals surface area (Å²) in [6, 6.07) is 12.9. The molecular formula is C11H11ClN2O. The summed E-state index contributed by atoms with van der Waals surface area (Å²) in [5.74, 6) is -0.124. The number of amides is 1. The van der Waals surface area contributed by atoms with Crippen molar-refractivity contribution in [1.82, 2.24) is 4.98 Å². The molecule has 78 valence electrons. The van der Waals surface area contributed by atoms with Crippen LogP contribution in [0.5, 0.6) is 0 Å². The van der Waals surface area contributed by atoms with Crippen molar-refractivity contribution in [3.63, 3.8) is 0 Å². The summed E-state index contributed by atoms with van der Waals surface area (Å²) in [6.07, 6.45) is 1.72. The van der Waals surface area contributed by atoms with Crippen molar-refractivity contribution in [2.75, 3.05) is 5.32 Å². The van der Waals surface area contributed by atoms with Crippen LogP contribution in [-0.4, -0.2) is 10.9 Å². The Labute approximate surface area is 93.9 Å². The molecule has 0 aliphatic rings. The molecule has 0 unspecified atom stereocenters. The van der Waals surface area contributed by atoms with Crippen molar-refractivity contribution in [3.8, 4) is 0 Å². The zero-order chi connectivity index (χ0) is 9.80. The number of hydrogen-bond donors (Lipinski definition) is 2. The van der Waals surface area contributed by atoms with Crippen molar-refractivity contribution in [1.29, 1.82) is 0 Å². The number of H-pyrrole nitrogens is 1. The maximum atomic E-state index is 11.5. The molecule has 0 saturated heterocycles. The first-order valence-electron chi connectivity index (χ1n) is 4.36. The number of aromatic amines is 1. The predicted molar refractivity (Wildman–Crippen MR) is 62.4 cm³/mol. The lowest BCUT2D eigenvalue weighted by molar-refractivity contribution is 0.102. The minimum Gasteiger partial charge on any atom is -0.357 e. The lowest BCUT2D eigenvalue weighted by Gasteiger charge is -2.02. The van der Waals surface area contributed by atoms with E-state index in [2.05, 4.69) is 10.3 Å². The van der Waals surface area contributed by atoms with Gasteiger partial charge < -0.3 is 10.3 Å². The lowest BCUT2D eigenvalue weighted by atomic mass is 10.3. The molecule has 0 aliphatic heterocycles. The molecule has 15 heavy (non-hydrogen) atoms. The molecule has 3 nitrogen and oxygen atoms in total. The van der Waals surface area contributed by atoms with E-state index in [1.54, 1.807) is 18.3 Å². The molecule has 4 heteroatoms. The smallest absolute Gasteiger partial charge is 0.272 e. The van der Waals surface area contributed by atoms with Crippen LogP contribution >= 0.6 is 12.4 Å². The third-order valence-corrected chi connectivity index (χ3v) is 1.87. The highest BCUT2D eigenvalue weighted by Crippen LogP contribution is 2.06. The molecular weight excluding hydrogens is 212 g/mol. The molecule has 0 radical (unpaired) electrons. The van der Waals surface area contributed by atoms with E-state index in [-0.39, 0.29) is 18.3 Å². The molecule has 2 N–H and O–H groups in total. The van der Waals surface area contributed by atoms with Crippen LogP contribution in [-0.2, 0) is 0 Å². The summed E-state index contributed by atoms with van der Waals surface area (Å²) < 4.78 is 0. The number of aromatic nitrogens is 1. The van der Waals surface area contributed by atoms with Crippen LogP contribution in [0.1, 0.15) is 10.5 Å². The Balaban J connectivity index is 0.00000112. The summed E-state index contributed by atoms with van der Waals surface area (Å²) in [5.41, 5.74) is 1.36. The molecule has 1 heterocycles. The second kappa shape index (κ2) is 5.22. The van der Waals surface area contributed by atoms with Crippen LogP contribution in [0.25, 0.3) is 0 Å². The van der Waals surface area contributed by atoms with Gasteiger partial charge in [0.05, 0.1) is 0 Å². The topological polar surface area (TPSA) is 44.9 Å². The largest absolute Gasteiger partial charge is 0.357 e. The van der Waals surface area contributed by atoms with Crippen LogP contribution in [0, 0.1) is 0 Å². The molecule has 0 spiro atoms. The van der Waals surface area contributed by atoms with Gasteiger partial charge in [0, 0.05) is 11.9 Å². The maximum absolute atomic E-state index is 11.5. The second-order valence-corrected chi connectivity index (χ2v) is 2.90. The molecule has 0 aliphatic carbocycles. The maximum Gasteiger partial charge on any atom is 0.272 e. The average molecular weight is 223 g/mol. The van der Waals surface area contributed by atoms with E-state index >= 15 is 0 Å². The van der Waals surface area contributed by atoms with Crippen LogP contribution in [0.2, 0.25) is 0 Å². The van der Waals surface area contributed by atoms with Gasteiger partial charge in [0.25, 0.3) is 5.91 Å². The Morgan fingerprint density at radius 2 is 1.80 bits per heavy atom. The van der Waals surface area contributed by atoms with Crippen LogP contribution in [0.3, 0.4) is 0 Å². The number of benzene rings is 1. The van der Waals surface area contributed by atoms with Crippen LogP contribution in [0.15, 0.2) is 48.7 Å². The highest BCUT2D eigenvalue weighted by atomic mass is 35.5. The van der Waals surface area contributed by atoms with E-state index in [0.29, 0.717) is 5.69 Å². The van der Waals surface area contributed by atoms with Gasteiger partial charge in [-0.2, -0.15) is 0 Å². The molecule has 0 fully saturated rings. The third kappa shape index (κ3) is 2.86. The predicted octanol–water partition coefficient (Wildman–Crippen LogP) is 2.69. The molecule has 2 aromatic rings. The first-order chi connectivity index (χ1) is 6.86. The fourth-order valence-electron chi connectivity index (χ4n) is 1.19. The number of hydrogen-bond acceptors (Lipinski definition) is 1. The van der Waals surface area contributed by atoms with E-state index in [4.69, 9.17) is 0 Å². The summed E-state index contributed by atoms with van der Waals surface area (Å²) in [4.78, 5) is 14.4. The average Bonchev–Trinajstić information content (AvgIpc) is 2.72. The standard InChI is InChI=1S/C11H10N2O.ClH/c14-11(10-7-4-8-12-10)13-9-5-2-1-3-6-9;/h1-8,12H,(H,13,14);1H. The van der Waals surface area contributed by atoms with Gasteiger partial charge in [0.15, 0.2) is 0 Å². The normalized spacial score (nSPS) is 9.07. The Morgan fingerprint density at radius 1 is 1.07 bits per heavy atom. The summed E-state index contributed by atoms with van der Waals surface area (Å²) in [6.45, 7) is 0. The van der Waals surface area contributed by atoms with Crippen molar-refractivity contribution >= 4 is 24.0 Å². The van der Waals surface area contributed by atoms with E-state index in [1.807, 2.05) is 30.3 Å². The lowest BCUT2D eigenvalue weighted by Crippen LogP contribution is -2.11. The highest BCUT2D eigenvalue weighted by Gasteiger charge is 2.04. The van der Waals surface area contributed by atoms with Gasteiger partial charge in [0.2, 0.25) is 0 Å². The van der Waals surface area contributed by atoms with Crippen LogP contribution < -0.4 is 5.32 Å². The molecule has 2 rings (SSSR count). The van der Waals surface area contributed by atoms with E-state index in [1.165, 1.54) is 0 Å². The summed E-state index contributed by atoms with van der Waals surface area (Å²) >= 11 is 0. The van der Waals surface area contributed by atoms with E-state index in [0.717, 1.165) is 5.69 Å². The van der Waals surface area contributed by atoms with Gasteiger partial charge in [-0.05, 0) is 24.3 Å². The number of para-hydroxylation sites is 1. The first kappa shape index (κ1) is 11.3. The van der Waals surface area contributed by atoms with Crippen molar-refractivity contribution in [2.24, 2.45) is 0 Å². The number of rotatable bonds is 2. The van der Waals surface area contributed by atoms with Gasteiger partial charge in [-0.1, -0.05) is 18.2 Å². The Hall–Kier alpha value is -1.74. The monoisotopic (exact) mass is 222 g/mol. The first-order valence-corrected chi connectivity index (χ1v) is 4.36. The minimum atomic E-state index is -0.124. The fraction of sp³-hybridized carbons (Fsp3) is 0. The quantitative estimate of drug-likeness (QED) is 0.806.